The smallest absolute Gasteiger partial charge is 0.236 e. The molecule has 0 aromatic heterocycles. The van der Waals surface area contributed by atoms with Gasteiger partial charge in [0, 0.05) is 32.7 Å². The van der Waals surface area contributed by atoms with Crippen LogP contribution in [0.1, 0.15) is 5.56 Å². The highest BCUT2D eigenvalue weighted by molar-refractivity contribution is 5.78. The number of likely N-dealkylation sites (N-methyl/N-ethyl adjacent to an activating group) is 1. The molecule has 0 atom stereocenters. The maximum absolute atomic E-state index is 12.0. The SMILES string of the molecule is COc1cccc(CNCC(=O)N2CCN(C)CC2)c1. The van der Waals surface area contributed by atoms with Gasteiger partial charge in [-0.3, -0.25) is 4.79 Å². The van der Waals surface area contributed by atoms with E-state index in [1.165, 1.54) is 0 Å². The fraction of sp³-hybridized carbons (Fsp3) is 0.533. The van der Waals surface area contributed by atoms with Crippen molar-refractivity contribution in [2.75, 3.05) is 46.9 Å². The summed E-state index contributed by atoms with van der Waals surface area (Å²) in [5.41, 5.74) is 1.12. The molecule has 1 fully saturated rings. The Hall–Kier alpha value is -1.59. The van der Waals surface area contributed by atoms with Gasteiger partial charge >= 0.3 is 0 Å². The lowest BCUT2D eigenvalue weighted by molar-refractivity contribution is -0.131. The Morgan fingerprint density at radius 1 is 1.30 bits per heavy atom. The van der Waals surface area contributed by atoms with Crippen molar-refractivity contribution in [1.29, 1.82) is 0 Å². The lowest BCUT2D eigenvalue weighted by Crippen LogP contribution is -2.49. The molecule has 0 spiro atoms. The normalized spacial score (nSPS) is 16.2. The fourth-order valence-electron chi connectivity index (χ4n) is 2.26. The number of carbonyl (C=O) groups excluding carboxylic acids is 1. The maximum atomic E-state index is 12.0. The number of benzene rings is 1. The first-order valence-electron chi connectivity index (χ1n) is 6.99. The highest BCUT2D eigenvalue weighted by Gasteiger charge is 2.18. The zero-order valence-corrected chi connectivity index (χ0v) is 12.3. The van der Waals surface area contributed by atoms with Crippen molar-refractivity contribution in [3.05, 3.63) is 29.8 Å². The molecule has 1 heterocycles. The predicted molar refractivity (Wildman–Crippen MR) is 78.8 cm³/mol. The maximum Gasteiger partial charge on any atom is 0.236 e. The average Bonchev–Trinajstić information content (AvgIpc) is 2.48. The van der Waals surface area contributed by atoms with Crippen LogP contribution >= 0.6 is 0 Å². The first kappa shape index (κ1) is 14.8. The molecule has 1 aliphatic heterocycles. The number of ether oxygens (including phenoxy) is 1. The Morgan fingerprint density at radius 2 is 2.05 bits per heavy atom. The number of rotatable bonds is 5. The summed E-state index contributed by atoms with van der Waals surface area (Å²) >= 11 is 0. The van der Waals surface area contributed by atoms with E-state index in [4.69, 9.17) is 4.74 Å². The van der Waals surface area contributed by atoms with Crippen LogP contribution in [0.3, 0.4) is 0 Å². The van der Waals surface area contributed by atoms with Gasteiger partial charge in [0.25, 0.3) is 0 Å². The molecule has 1 aromatic carbocycles. The number of amides is 1. The van der Waals surface area contributed by atoms with Crippen LogP contribution in [0.5, 0.6) is 5.75 Å². The number of carbonyl (C=O) groups is 1. The fourth-order valence-corrected chi connectivity index (χ4v) is 2.26. The minimum Gasteiger partial charge on any atom is -0.497 e. The monoisotopic (exact) mass is 277 g/mol. The Balaban J connectivity index is 1.73. The molecule has 0 bridgehead atoms. The van der Waals surface area contributed by atoms with Gasteiger partial charge in [-0.2, -0.15) is 0 Å². The van der Waals surface area contributed by atoms with Crippen molar-refractivity contribution >= 4 is 5.91 Å². The second kappa shape index (κ2) is 7.26. The molecule has 20 heavy (non-hydrogen) atoms. The summed E-state index contributed by atoms with van der Waals surface area (Å²) in [6.07, 6.45) is 0. The van der Waals surface area contributed by atoms with Crippen molar-refractivity contribution in [3.8, 4) is 5.75 Å². The molecular formula is C15H23N3O2. The number of nitrogens with one attached hydrogen (secondary N) is 1. The van der Waals surface area contributed by atoms with E-state index in [2.05, 4.69) is 17.3 Å². The van der Waals surface area contributed by atoms with E-state index in [1.54, 1.807) is 7.11 Å². The standard InChI is InChI=1S/C15H23N3O2/c1-17-6-8-18(9-7-17)15(19)12-16-11-13-4-3-5-14(10-13)20-2/h3-5,10,16H,6-9,11-12H2,1-2H3. The molecule has 2 rings (SSSR count). The van der Waals surface area contributed by atoms with E-state index in [-0.39, 0.29) is 5.91 Å². The third-order valence-electron chi connectivity index (χ3n) is 3.60. The van der Waals surface area contributed by atoms with Crippen LogP contribution in [-0.2, 0) is 11.3 Å². The summed E-state index contributed by atoms with van der Waals surface area (Å²) in [6, 6.07) is 7.88. The summed E-state index contributed by atoms with van der Waals surface area (Å²) in [4.78, 5) is 16.2. The van der Waals surface area contributed by atoms with Crippen molar-refractivity contribution < 1.29 is 9.53 Å². The predicted octanol–water partition coefficient (Wildman–Crippen LogP) is 0.559. The van der Waals surface area contributed by atoms with E-state index in [9.17, 15) is 4.79 Å². The van der Waals surface area contributed by atoms with E-state index in [0.29, 0.717) is 13.1 Å². The zero-order valence-electron chi connectivity index (χ0n) is 12.3. The number of methoxy groups -OCH3 is 1. The van der Waals surface area contributed by atoms with Gasteiger partial charge in [-0.25, -0.2) is 0 Å². The van der Waals surface area contributed by atoms with E-state index < -0.39 is 0 Å². The van der Waals surface area contributed by atoms with Crippen LogP contribution in [0.2, 0.25) is 0 Å². The van der Waals surface area contributed by atoms with Gasteiger partial charge in [0.1, 0.15) is 5.75 Å². The minimum atomic E-state index is 0.181. The van der Waals surface area contributed by atoms with Crippen LogP contribution in [0.4, 0.5) is 0 Å². The van der Waals surface area contributed by atoms with E-state index in [1.807, 2.05) is 29.2 Å². The van der Waals surface area contributed by atoms with Gasteiger partial charge < -0.3 is 19.9 Å². The van der Waals surface area contributed by atoms with Crippen molar-refractivity contribution in [1.82, 2.24) is 15.1 Å². The molecule has 0 radical (unpaired) electrons. The number of hydrogen-bond donors (Lipinski definition) is 1. The Bertz CT molecular complexity index is 442. The Kier molecular flexibility index (Phi) is 5.38. The largest absolute Gasteiger partial charge is 0.497 e. The van der Waals surface area contributed by atoms with Gasteiger partial charge in [-0.15, -0.1) is 0 Å². The van der Waals surface area contributed by atoms with Crippen molar-refractivity contribution in [3.63, 3.8) is 0 Å². The van der Waals surface area contributed by atoms with Gasteiger partial charge in [0.15, 0.2) is 0 Å². The molecule has 1 aliphatic rings. The lowest BCUT2D eigenvalue weighted by Gasteiger charge is -2.32. The van der Waals surface area contributed by atoms with E-state index >= 15 is 0 Å². The number of piperazine rings is 1. The van der Waals surface area contributed by atoms with Crippen LogP contribution in [0.15, 0.2) is 24.3 Å². The zero-order chi connectivity index (χ0) is 14.4. The van der Waals surface area contributed by atoms with Crippen LogP contribution < -0.4 is 10.1 Å². The molecule has 1 aromatic rings. The third kappa shape index (κ3) is 4.21. The third-order valence-corrected chi connectivity index (χ3v) is 3.60. The molecule has 110 valence electrons. The lowest BCUT2D eigenvalue weighted by atomic mass is 10.2. The molecule has 1 amide bonds. The van der Waals surface area contributed by atoms with Gasteiger partial charge in [-0.05, 0) is 24.7 Å². The van der Waals surface area contributed by atoms with Gasteiger partial charge in [0.2, 0.25) is 5.91 Å². The van der Waals surface area contributed by atoms with Crippen molar-refractivity contribution in [2.24, 2.45) is 0 Å². The van der Waals surface area contributed by atoms with Gasteiger partial charge in [0.05, 0.1) is 13.7 Å². The Labute approximate surface area is 120 Å². The molecular weight excluding hydrogens is 254 g/mol. The van der Waals surface area contributed by atoms with Crippen molar-refractivity contribution in [2.45, 2.75) is 6.54 Å². The Morgan fingerprint density at radius 3 is 2.75 bits per heavy atom. The first-order valence-corrected chi connectivity index (χ1v) is 6.99. The number of hydrogen-bond acceptors (Lipinski definition) is 4. The van der Waals surface area contributed by atoms with E-state index in [0.717, 1.165) is 37.5 Å². The van der Waals surface area contributed by atoms with Crippen LogP contribution in [0, 0.1) is 0 Å². The van der Waals surface area contributed by atoms with Crippen LogP contribution in [-0.4, -0.2) is 62.6 Å². The molecule has 0 saturated carbocycles. The van der Waals surface area contributed by atoms with Gasteiger partial charge in [-0.1, -0.05) is 12.1 Å². The summed E-state index contributed by atoms with van der Waals surface area (Å²) in [5, 5.41) is 3.20. The number of nitrogens with zero attached hydrogens (tertiary/aromatic N) is 2. The molecule has 5 nitrogen and oxygen atoms in total. The average molecular weight is 277 g/mol. The van der Waals surface area contributed by atoms with Crippen LogP contribution in [0.25, 0.3) is 0 Å². The molecule has 0 aliphatic carbocycles. The second-order valence-electron chi connectivity index (χ2n) is 5.14. The topological polar surface area (TPSA) is 44.8 Å². The highest BCUT2D eigenvalue weighted by atomic mass is 16.5. The summed E-state index contributed by atoms with van der Waals surface area (Å²) in [6.45, 7) is 4.65. The molecule has 5 heteroatoms. The molecule has 0 unspecified atom stereocenters. The highest BCUT2D eigenvalue weighted by Crippen LogP contribution is 2.12. The quantitative estimate of drug-likeness (QED) is 0.854. The summed E-state index contributed by atoms with van der Waals surface area (Å²) in [7, 11) is 3.74. The second-order valence-corrected chi connectivity index (χ2v) is 5.14. The molecule has 1 N–H and O–H groups in total. The summed E-state index contributed by atoms with van der Waals surface area (Å²) < 4.78 is 5.18. The molecule has 1 saturated heterocycles. The summed E-state index contributed by atoms with van der Waals surface area (Å²) in [5.74, 6) is 1.02. The first-order chi connectivity index (χ1) is 9.69. The minimum absolute atomic E-state index is 0.181.